The highest BCUT2D eigenvalue weighted by Crippen LogP contribution is 2.26. The number of hydrogen-bond acceptors (Lipinski definition) is 2. The van der Waals surface area contributed by atoms with E-state index in [-0.39, 0.29) is 6.04 Å². The lowest BCUT2D eigenvalue weighted by atomic mass is 10.0. The van der Waals surface area contributed by atoms with Crippen LogP contribution in [0.25, 0.3) is 5.69 Å². The third-order valence-corrected chi connectivity index (χ3v) is 4.36. The molecule has 0 bridgehead atoms. The van der Waals surface area contributed by atoms with E-state index in [1.165, 1.54) is 11.1 Å². The maximum absolute atomic E-state index is 6.47. The minimum Gasteiger partial charge on any atom is -0.327 e. The van der Waals surface area contributed by atoms with Crippen molar-refractivity contribution in [2.24, 2.45) is 5.73 Å². The highest BCUT2D eigenvalue weighted by atomic mass is 35.5. The van der Waals surface area contributed by atoms with Crippen molar-refractivity contribution in [1.82, 2.24) is 9.78 Å². The molecule has 3 nitrogen and oxygen atoms in total. The number of aromatic nitrogens is 2. The fraction of sp³-hybridized carbons (Fsp3) is 0.471. The average Bonchev–Trinajstić information content (AvgIpc) is 2.73. The molecule has 1 heterocycles. The maximum Gasteiger partial charge on any atom is 0.0835 e. The van der Waals surface area contributed by atoms with E-state index >= 15 is 0 Å². The summed E-state index contributed by atoms with van der Waals surface area (Å²) in [6, 6.07) is 6.33. The second-order valence-corrected chi connectivity index (χ2v) is 5.98. The van der Waals surface area contributed by atoms with Crippen LogP contribution in [-0.2, 0) is 12.8 Å². The van der Waals surface area contributed by atoms with Crippen molar-refractivity contribution in [2.75, 3.05) is 0 Å². The number of nitrogens with two attached hydrogens (primary N) is 1. The van der Waals surface area contributed by atoms with Crippen molar-refractivity contribution in [3.8, 4) is 5.69 Å². The van der Waals surface area contributed by atoms with E-state index in [0.29, 0.717) is 0 Å². The Kier molecular flexibility index (Phi) is 5.07. The zero-order valence-electron chi connectivity index (χ0n) is 13.3. The smallest absolute Gasteiger partial charge is 0.0835 e. The van der Waals surface area contributed by atoms with Crippen LogP contribution in [0.2, 0.25) is 5.02 Å². The summed E-state index contributed by atoms with van der Waals surface area (Å²) >= 11 is 6.47. The van der Waals surface area contributed by atoms with Crippen LogP contribution in [0, 0.1) is 13.8 Å². The minimum atomic E-state index is 0.187. The van der Waals surface area contributed by atoms with Crippen molar-refractivity contribution in [3.05, 3.63) is 45.7 Å². The van der Waals surface area contributed by atoms with E-state index in [0.717, 1.165) is 41.4 Å². The second kappa shape index (κ2) is 6.63. The van der Waals surface area contributed by atoms with Crippen LogP contribution in [0.5, 0.6) is 0 Å². The predicted octanol–water partition coefficient (Wildman–Crippen LogP) is 3.98. The molecule has 2 N–H and O–H groups in total. The molecule has 0 radical (unpaired) electrons. The number of halogens is 1. The first-order valence-electron chi connectivity index (χ1n) is 7.57. The van der Waals surface area contributed by atoms with Gasteiger partial charge in [0.1, 0.15) is 0 Å². The van der Waals surface area contributed by atoms with Gasteiger partial charge in [-0.05, 0) is 56.4 Å². The molecule has 0 saturated heterocycles. The summed E-state index contributed by atoms with van der Waals surface area (Å²) in [5, 5.41) is 5.35. The van der Waals surface area contributed by atoms with Crippen LogP contribution in [0.15, 0.2) is 18.2 Å². The first kappa shape index (κ1) is 16.1. The van der Waals surface area contributed by atoms with Crippen molar-refractivity contribution in [1.29, 1.82) is 0 Å². The Morgan fingerprint density at radius 2 is 2.00 bits per heavy atom. The molecule has 0 saturated carbocycles. The number of hydrogen-bond donors (Lipinski definition) is 1. The summed E-state index contributed by atoms with van der Waals surface area (Å²) in [4.78, 5) is 0. The molecular formula is C17H24ClN3. The summed E-state index contributed by atoms with van der Waals surface area (Å²) < 4.78 is 1.94. The van der Waals surface area contributed by atoms with Gasteiger partial charge >= 0.3 is 0 Å². The lowest BCUT2D eigenvalue weighted by Crippen LogP contribution is -2.21. The van der Waals surface area contributed by atoms with E-state index in [2.05, 4.69) is 31.9 Å². The zero-order valence-corrected chi connectivity index (χ0v) is 14.0. The van der Waals surface area contributed by atoms with E-state index in [1.807, 2.05) is 23.7 Å². The Balaban J connectivity index is 2.37. The van der Waals surface area contributed by atoms with Gasteiger partial charge in [0.15, 0.2) is 0 Å². The van der Waals surface area contributed by atoms with Gasteiger partial charge < -0.3 is 5.73 Å². The molecule has 1 atom stereocenters. The van der Waals surface area contributed by atoms with Crippen LogP contribution in [0.3, 0.4) is 0 Å². The predicted molar refractivity (Wildman–Crippen MR) is 89.4 cm³/mol. The first-order valence-corrected chi connectivity index (χ1v) is 7.95. The molecule has 1 unspecified atom stereocenters. The SMILES string of the molecule is CCc1c(C)nn(-c2ccc(CC(N)CC)cc2Cl)c1C. The van der Waals surface area contributed by atoms with Crippen molar-refractivity contribution in [2.45, 2.75) is 53.0 Å². The third-order valence-electron chi connectivity index (χ3n) is 4.06. The Hall–Kier alpha value is -1.32. The molecule has 2 aromatic rings. The summed E-state index contributed by atoms with van der Waals surface area (Å²) in [5.74, 6) is 0. The molecule has 4 heteroatoms. The van der Waals surface area contributed by atoms with Gasteiger partial charge in [-0.1, -0.05) is 31.5 Å². The number of benzene rings is 1. The normalized spacial score (nSPS) is 12.7. The summed E-state index contributed by atoms with van der Waals surface area (Å²) in [7, 11) is 0. The van der Waals surface area contributed by atoms with Crippen LogP contribution < -0.4 is 5.73 Å². The maximum atomic E-state index is 6.47. The standard InChI is InChI=1S/C17H24ClN3/c1-5-14(19)9-13-7-8-17(16(18)10-13)21-12(4)15(6-2)11(3)20-21/h7-8,10,14H,5-6,9,19H2,1-4H3. The Morgan fingerprint density at radius 3 is 2.52 bits per heavy atom. The monoisotopic (exact) mass is 305 g/mol. The number of aryl methyl sites for hydroxylation is 1. The topological polar surface area (TPSA) is 43.8 Å². The van der Waals surface area contributed by atoms with E-state index in [4.69, 9.17) is 17.3 Å². The molecule has 0 aliphatic heterocycles. The van der Waals surface area contributed by atoms with E-state index in [9.17, 15) is 0 Å². The van der Waals surface area contributed by atoms with Crippen LogP contribution in [-0.4, -0.2) is 15.8 Å². The van der Waals surface area contributed by atoms with Gasteiger partial charge in [-0.3, -0.25) is 0 Å². The minimum absolute atomic E-state index is 0.187. The summed E-state index contributed by atoms with van der Waals surface area (Å²) in [6.07, 6.45) is 2.81. The van der Waals surface area contributed by atoms with Crippen molar-refractivity contribution < 1.29 is 0 Å². The second-order valence-electron chi connectivity index (χ2n) is 5.57. The lowest BCUT2D eigenvalue weighted by Gasteiger charge is -2.12. The Bertz CT molecular complexity index is 631. The molecule has 21 heavy (non-hydrogen) atoms. The molecule has 2 rings (SSSR count). The molecule has 1 aromatic heterocycles. The summed E-state index contributed by atoms with van der Waals surface area (Å²) in [6.45, 7) is 8.39. The lowest BCUT2D eigenvalue weighted by molar-refractivity contribution is 0.646. The fourth-order valence-corrected chi connectivity index (χ4v) is 3.00. The molecule has 0 aliphatic carbocycles. The van der Waals surface area contributed by atoms with Crippen molar-refractivity contribution in [3.63, 3.8) is 0 Å². The molecule has 1 aromatic carbocycles. The number of rotatable bonds is 5. The van der Waals surface area contributed by atoms with Crippen LogP contribution in [0.4, 0.5) is 0 Å². The molecule has 0 spiro atoms. The van der Waals surface area contributed by atoms with Gasteiger partial charge in [0.2, 0.25) is 0 Å². The van der Waals surface area contributed by atoms with Crippen LogP contribution >= 0.6 is 11.6 Å². The molecule has 114 valence electrons. The van der Waals surface area contributed by atoms with Gasteiger partial charge in [-0.15, -0.1) is 0 Å². The van der Waals surface area contributed by atoms with E-state index < -0.39 is 0 Å². The van der Waals surface area contributed by atoms with Gasteiger partial charge in [-0.2, -0.15) is 5.10 Å². The molecule has 0 fully saturated rings. The highest BCUT2D eigenvalue weighted by Gasteiger charge is 2.14. The van der Waals surface area contributed by atoms with Crippen molar-refractivity contribution >= 4 is 11.6 Å². The Morgan fingerprint density at radius 1 is 1.29 bits per heavy atom. The number of nitrogens with zero attached hydrogens (tertiary/aromatic N) is 2. The van der Waals surface area contributed by atoms with Gasteiger partial charge in [-0.25, -0.2) is 4.68 Å². The van der Waals surface area contributed by atoms with E-state index in [1.54, 1.807) is 0 Å². The van der Waals surface area contributed by atoms with Crippen LogP contribution in [0.1, 0.15) is 42.8 Å². The fourth-order valence-electron chi connectivity index (χ4n) is 2.72. The first-order chi connectivity index (χ1) is 9.97. The third kappa shape index (κ3) is 3.30. The zero-order chi connectivity index (χ0) is 15.6. The molecular weight excluding hydrogens is 282 g/mol. The van der Waals surface area contributed by atoms with Gasteiger partial charge in [0, 0.05) is 11.7 Å². The summed E-state index contributed by atoms with van der Waals surface area (Å²) in [5.41, 5.74) is 11.6. The quantitative estimate of drug-likeness (QED) is 0.908. The average molecular weight is 306 g/mol. The van der Waals surface area contributed by atoms with Gasteiger partial charge in [0.25, 0.3) is 0 Å². The van der Waals surface area contributed by atoms with Gasteiger partial charge in [0.05, 0.1) is 16.4 Å². The highest BCUT2D eigenvalue weighted by molar-refractivity contribution is 6.32. The largest absolute Gasteiger partial charge is 0.327 e. The Labute approximate surface area is 132 Å². The molecule has 0 amide bonds. The molecule has 0 aliphatic rings.